The number of halogens is 4. The Labute approximate surface area is 116 Å². The number of benzene rings is 1. The van der Waals surface area contributed by atoms with E-state index in [0.29, 0.717) is 4.47 Å². The van der Waals surface area contributed by atoms with Crippen molar-refractivity contribution in [3.8, 4) is 0 Å². The number of aliphatic hydroxyl groups is 1. The fourth-order valence-corrected chi connectivity index (χ4v) is 3.14. The molecule has 1 unspecified atom stereocenters. The second-order valence-corrected chi connectivity index (χ2v) is 6.39. The summed E-state index contributed by atoms with van der Waals surface area (Å²) in [5, 5.41) is 8.78. The van der Waals surface area contributed by atoms with E-state index < -0.39 is 29.1 Å². The van der Waals surface area contributed by atoms with Crippen molar-refractivity contribution in [3.63, 3.8) is 0 Å². The minimum atomic E-state index is -4.03. The molecule has 0 aliphatic carbocycles. The van der Waals surface area contributed by atoms with Gasteiger partial charge in [-0.25, -0.2) is 21.9 Å². The van der Waals surface area contributed by atoms with Crippen molar-refractivity contribution in [3.05, 3.63) is 27.7 Å². The monoisotopic (exact) mass is 363 g/mol. The first-order chi connectivity index (χ1) is 8.24. The average Bonchev–Trinajstić information content (AvgIpc) is 2.25. The molecule has 1 aromatic rings. The van der Waals surface area contributed by atoms with Gasteiger partial charge in [-0.1, -0.05) is 27.5 Å². The summed E-state index contributed by atoms with van der Waals surface area (Å²) in [6, 6.07) is 4.03. The molecule has 18 heavy (non-hydrogen) atoms. The topological polar surface area (TPSA) is 66.4 Å². The van der Waals surface area contributed by atoms with E-state index in [1.807, 2.05) is 4.72 Å². The van der Waals surface area contributed by atoms with E-state index in [-0.39, 0.29) is 9.92 Å². The molecule has 0 spiro atoms. The maximum atomic E-state index is 12.0. The van der Waals surface area contributed by atoms with Crippen LogP contribution in [-0.2, 0) is 10.0 Å². The van der Waals surface area contributed by atoms with Crippen molar-refractivity contribution in [2.45, 2.75) is 17.4 Å². The van der Waals surface area contributed by atoms with E-state index >= 15 is 0 Å². The lowest BCUT2D eigenvalue weighted by molar-refractivity contribution is -0.000451. The van der Waals surface area contributed by atoms with E-state index in [0.717, 1.165) is 0 Å². The summed E-state index contributed by atoms with van der Waals surface area (Å²) in [6.07, 6.45) is -5.08. The molecule has 0 saturated carbocycles. The van der Waals surface area contributed by atoms with Gasteiger partial charge in [0.1, 0.15) is 11.0 Å². The van der Waals surface area contributed by atoms with Gasteiger partial charge in [-0.3, -0.25) is 0 Å². The first-order valence-corrected chi connectivity index (χ1v) is 7.30. The molecule has 2 N–H and O–H groups in total. The first kappa shape index (κ1) is 15.8. The van der Waals surface area contributed by atoms with E-state index in [2.05, 4.69) is 15.9 Å². The van der Waals surface area contributed by atoms with Crippen molar-refractivity contribution in [1.82, 2.24) is 4.72 Å². The Morgan fingerprint density at radius 3 is 2.56 bits per heavy atom. The highest BCUT2D eigenvalue weighted by atomic mass is 79.9. The van der Waals surface area contributed by atoms with Crippen LogP contribution in [0, 0.1) is 0 Å². The van der Waals surface area contributed by atoms with Gasteiger partial charge in [0, 0.05) is 11.0 Å². The Hall–Kier alpha value is -0.280. The van der Waals surface area contributed by atoms with E-state index in [1.54, 1.807) is 0 Å². The van der Waals surface area contributed by atoms with Crippen LogP contribution in [0.4, 0.5) is 8.78 Å². The molecular weight excluding hydrogens is 356 g/mol. The molecular formula is C9H9BrClF2NO3S. The molecule has 0 aliphatic rings. The van der Waals surface area contributed by atoms with Crippen LogP contribution in [0.1, 0.15) is 0 Å². The molecule has 1 rings (SSSR count). The molecule has 9 heteroatoms. The molecule has 0 fully saturated rings. The maximum Gasteiger partial charge on any atom is 0.265 e. The minimum absolute atomic E-state index is 0.0524. The highest BCUT2D eigenvalue weighted by molar-refractivity contribution is 9.10. The number of hydrogen-bond acceptors (Lipinski definition) is 3. The largest absolute Gasteiger partial charge is 0.386 e. The first-order valence-electron chi connectivity index (χ1n) is 4.65. The molecule has 0 radical (unpaired) electrons. The molecule has 0 bridgehead atoms. The fraction of sp³-hybridized carbons (Fsp3) is 0.333. The third kappa shape index (κ3) is 4.13. The second kappa shape index (κ2) is 6.25. The zero-order valence-corrected chi connectivity index (χ0v) is 11.9. The summed E-state index contributed by atoms with van der Waals surface area (Å²) in [7, 11) is -4.03. The van der Waals surface area contributed by atoms with Crippen LogP contribution >= 0.6 is 27.5 Å². The Morgan fingerprint density at radius 2 is 2.06 bits per heavy atom. The highest BCUT2D eigenvalue weighted by Crippen LogP contribution is 2.25. The number of alkyl halides is 2. The Morgan fingerprint density at radius 1 is 1.44 bits per heavy atom. The third-order valence-corrected chi connectivity index (χ3v) is 4.36. The molecule has 0 amide bonds. The third-order valence-electron chi connectivity index (χ3n) is 1.96. The number of nitrogens with one attached hydrogen (secondary N) is 1. The summed E-state index contributed by atoms with van der Waals surface area (Å²) < 4.78 is 49.9. The summed E-state index contributed by atoms with van der Waals surface area (Å²) in [6.45, 7) is -0.785. The Balaban J connectivity index is 2.87. The molecule has 0 aromatic heterocycles. The Bertz CT molecular complexity index is 527. The van der Waals surface area contributed by atoms with Crippen LogP contribution in [0.25, 0.3) is 0 Å². The van der Waals surface area contributed by atoms with Crippen LogP contribution < -0.4 is 4.72 Å². The fourth-order valence-electron chi connectivity index (χ4n) is 1.06. The zero-order chi connectivity index (χ0) is 13.9. The van der Waals surface area contributed by atoms with Crippen LogP contribution in [0.2, 0.25) is 5.02 Å². The molecule has 102 valence electrons. The van der Waals surface area contributed by atoms with E-state index in [9.17, 15) is 17.2 Å². The van der Waals surface area contributed by atoms with Gasteiger partial charge in [0.25, 0.3) is 6.43 Å². The SMILES string of the molecule is O=S(=O)(NCC(O)C(F)F)c1ccc(Br)cc1Cl. The van der Waals surface area contributed by atoms with Crippen molar-refractivity contribution in [2.24, 2.45) is 0 Å². The summed E-state index contributed by atoms with van der Waals surface area (Å²) in [5.74, 6) is 0. The van der Waals surface area contributed by atoms with Gasteiger partial charge in [0.15, 0.2) is 0 Å². The van der Waals surface area contributed by atoms with Crippen LogP contribution in [0.3, 0.4) is 0 Å². The van der Waals surface area contributed by atoms with Gasteiger partial charge in [-0.15, -0.1) is 0 Å². The van der Waals surface area contributed by atoms with Crippen molar-refractivity contribution in [1.29, 1.82) is 0 Å². The molecule has 0 aliphatic heterocycles. The van der Waals surface area contributed by atoms with Gasteiger partial charge < -0.3 is 5.11 Å². The van der Waals surface area contributed by atoms with Gasteiger partial charge >= 0.3 is 0 Å². The normalized spacial score (nSPS) is 13.9. The summed E-state index contributed by atoms with van der Waals surface area (Å²) >= 11 is 8.84. The summed E-state index contributed by atoms with van der Waals surface area (Å²) in [5.41, 5.74) is 0. The van der Waals surface area contributed by atoms with Gasteiger partial charge in [0.2, 0.25) is 10.0 Å². The van der Waals surface area contributed by atoms with E-state index in [1.165, 1.54) is 18.2 Å². The number of rotatable bonds is 5. The minimum Gasteiger partial charge on any atom is -0.386 e. The number of aliphatic hydroxyl groups excluding tert-OH is 1. The van der Waals surface area contributed by atoms with Crippen LogP contribution in [0.15, 0.2) is 27.6 Å². The van der Waals surface area contributed by atoms with E-state index in [4.69, 9.17) is 16.7 Å². The van der Waals surface area contributed by atoms with Crippen molar-refractivity contribution in [2.75, 3.05) is 6.54 Å². The standard InChI is InChI=1S/C9H9BrClF2NO3S/c10-5-1-2-8(6(11)3-5)18(16,17)14-4-7(15)9(12)13/h1-3,7,9,14-15H,4H2. The summed E-state index contributed by atoms with van der Waals surface area (Å²) in [4.78, 5) is -0.242. The van der Waals surface area contributed by atoms with Gasteiger partial charge in [-0.2, -0.15) is 0 Å². The zero-order valence-electron chi connectivity index (χ0n) is 8.78. The lowest BCUT2D eigenvalue weighted by atomic mass is 10.4. The average molecular weight is 365 g/mol. The maximum absolute atomic E-state index is 12.0. The second-order valence-electron chi connectivity index (χ2n) is 3.33. The molecule has 0 saturated heterocycles. The molecule has 4 nitrogen and oxygen atoms in total. The van der Waals surface area contributed by atoms with Crippen molar-refractivity contribution < 1.29 is 22.3 Å². The quantitative estimate of drug-likeness (QED) is 0.840. The molecule has 0 heterocycles. The van der Waals surface area contributed by atoms with Crippen LogP contribution in [-0.4, -0.2) is 32.6 Å². The van der Waals surface area contributed by atoms with Gasteiger partial charge in [0.05, 0.1) is 5.02 Å². The number of sulfonamides is 1. The number of hydrogen-bond donors (Lipinski definition) is 2. The molecule has 1 atom stereocenters. The lowest BCUT2D eigenvalue weighted by Crippen LogP contribution is -2.35. The van der Waals surface area contributed by atoms with Crippen molar-refractivity contribution >= 4 is 37.6 Å². The molecule has 1 aromatic carbocycles. The van der Waals surface area contributed by atoms with Crippen LogP contribution in [0.5, 0.6) is 0 Å². The predicted molar refractivity (Wildman–Crippen MR) is 66.4 cm³/mol. The Kier molecular flexibility index (Phi) is 5.47. The van der Waals surface area contributed by atoms with Gasteiger partial charge in [-0.05, 0) is 18.2 Å². The lowest BCUT2D eigenvalue weighted by Gasteiger charge is -2.12. The smallest absolute Gasteiger partial charge is 0.265 e. The predicted octanol–water partition coefficient (Wildman–Crippen LogP) is 2.01. The highest BCUT2D eigenvalue weighted by Gasteiger charge is 2.22.